The maximum atomic E-state index is 12.4. The van der Waals surface area contributed by atoms with Crippen molar-refractivity contribution in [2.24, 2.45) is 5.84 Å². The molecule has 2 aliphatic carbocycles. The molecular formula is C21H25N5O. The van der Waals surface area contributed by atoms with Crippen LogP contribution in [0, 0.1) is 0 Å². The van der Waals surface area contributed by atoms with Gasteiger partial charge in [0.15, 0.2) is 0 Å². The third-order valence-corrected chi connectivity index (χ3v) is 4.74. The van der Waals surface area contributed by atoms with Crippen LogP contribution in [0.5, 0.6) is 0 Å². The van der Waals surface area contributed by atoms with Crippen molar-refractivity contribution < 1.29 is 0 Å². The lowest BCUT2D eigenvalue weighted by Crippen LogP contribution is -2.30. The molecule has 0 unspecified atom stereocenters. The fourth-order valence-corrected chi connectivity index (χ4v) is 3.14. The summed E-state index contributed by atoms with van der Waals surface area (Å²) in [4.78, 5) is 20.6. The van der Waals surface area contributed by atoms with Crippen LogP contribution in [-0.2, 0) is 19.3 Å². The van der Waals surface area contributed by atoms with Crippen LogP contribution in [0.3, 0.4) is 0 Å². The smallest absolute Gasteiger partial charge is 0.292 e. The number of nitrogen functional groups attached to an aromatic ring is 1. The molecule has 140 valence electrons. The SMILES string of the molecule is CCc1cccc(CC)c1-n1c(CC)nc(NN)nc1=O.c1cc2ccc1-2. The van der Waals surface area contributed by atoms with Crippen LogP contribution >= 0.6 is 0 Å². The number of aromatic nitrogens is 3. The average Bonchev–Trinajstić information content (AvgIpc) is 2.69. The summed E-state index contributed by atoms with van der Waals surface area (Å²) in [7, 11) is 0. The molecule has 0 aliphatic heterocycles. The molecule has 0 saturated heterocycles. The van der Waals surface area contributed by atoms with Gasteiger partial charge in [0.05, 0.1) is 5.69 Å². The molecule has 1 aromatic heterocycles. The second-order valence-electron chi connectivity index (χ2n) is 6.29. The number of rotatable bonds is 5. The van der Waals surface area contributed by atoms with Crippen LogP contribution in [0.25, 0.3) is 16.8 Å². The van der Waals surface area contributed by atoms with E-state index in [2.05, 4.69) is 53.5 Å². The van der Waals surface area contributed by atoms with E-state index in [0.717, 1.165) is 29.7 Å². The third kappa shape index (κ3) is 3.61. The second-order valence-corrected chi connectivity index (χ2v) is 6.29. The van der Waals surface area contributed by atoms with Crippen LogP contribution in [0.4, 0.5) is 5.95 Å². The van der Waals surface area contributed by atoms with Crippen molar-refractivity contribution in [2.75, 3.05) is 5.43 Å². The maximum absolute atomic E-state index is 12.4. The molecule has 0 radical (unpaired) electrons. The zero-order valence-corrected chi connectivity index (χ0v) is 16.0. The molecule has 3 N–H and O–H groups in total. The molecule has 0 amide bonds. The Morgan fingerprint density at radius 1 is 0.889 bits per heavy atom. The van der Waals surface area contributed by atoms with Crippen LogP contribution in [0.2, 0.25) is 0 Å². The summed E-state index contributed by atoms with van der Waals surface area (Å²) in [5.74, 6) is 6.12. The summed E-state index contributed by atoms with van der Waals surface area (Å²) < 4.78 is 1.61. The van der Waals surface area contributed by atoms with Gasteiger partial charge in [0.1, 0.15) is 5.82 Å². The van der Waals surface area contributed by atoms with E-state index in [4.69, 9.17) is 5.84 Å². The van der Waals surface area contributed by atoms with Gasteiger partial charge >= 0.3 is 5.69 Å². The number of nitrogens with zero attached hydrogens (tertiary/aromatic N) is 3. The molecule has 27 heavy (non-hydrogen) atoms. The van der Waals surface area contributed by atoms with Crippen LogP contribution in [0.1, 0.15) is 37.7 Å². The quantitative estimate of drug-likeness (QED) is 0.420. The maximum Gasteiger partial charge on any atom is 0.356 e. The van der Waals surface area contributed by atoms with Gasteiger partial charge in [0.25, 0.3) is 0 Å². The van der Waals surface area contributed by atoms with E-state index in [1.807, 2.05) is 25.1 Å². The van der Waals surface area contributed by atoms with Crippen molar-refractivity contribution in [1.29, 1.82) is 0 Å². The molecule has 1 heterocycles. The monoisotopic (exact) mass is 363 g/mol. The van der Waals surface area contributed by atoms with Crippen molar-refractivity contribution in [3.8, 4) is 16.8 Å². The normalized spacial score (nSPS) is 10.8. The number of hydrogen-bond acceptors (Lipinski definition) is 5. The summed E-state index contributed by atoms with van der Waals surface area (Å²) in [5, 5.41) is 0. The molecule has 4 rings (SSSR count). The van der Waals surface area contributed by atoms with Crippen LogP contribution in [-0.4, -0.2) is 14.5 Å². The van der Waals surface area contributed by atoms with Gasteiger partial charge in [-0.2, -0.15) is 9.97 Å². The topological polar surface area (TPSA) is 85.8 Å². The van der Waals surface area contributed by atoms with Crippen molar-refractivity contribution in [1.82, 2.24) is 14.5 Å². The first-order valence-electron chi connectivity index (χ1n) is 9.31. The molecule has 2 aromatic rings. The summed E-state index contributed by atoms with van der Waals surface area (Å²) in [6, 6.07) is 14.6. The fraction of sp³-hybridized carbons (Fsp3) is 0.286. The first kappa shape index (κ1) is 18.8. The minimum Gasteiger partial charge on any atom is -0.292 e. The standard InChI is InChI=1S/C15H21N5O.C6H4/c1-4-10-8-7-9-11(5-2)13(10)20-12(6-3)17-14(19-16)18-15(20)21;1-2-6-4-3-5(1)6/h7-9H,4-6,16H2,1-3H3,(H,18,19,21);1-4H. The molecule has 2 aliphatic rings. The molecule has 0 atom stereocenters. The molecule has 6 nitrogen and oxygen atoms in total. The zero-order valence-electron chi connectivity index (χ0n) is 16.0. The minimum atomic E-state index is -0.356. The summed E-state index contributed by atoms with van der Waals surface area (Å²) >= 11 is 0. The number of benzene rings is 2. The molecule has 0 bridgehead atoms. The fourth-order valence-electron chi connectivity index (χ4n) is 3.14. The number of para-hydroxylation sites is 1. The molecule has 0 spiro atoms. The van der Waals surface area contributed by atoms with E-state index in [-0.39, 0.29) is 11.6 Å². The second kappa shape index (κ2) is 8.14. The average molecular weight is 363 g/mol. The number of nitrogens with two attached hydrogens (primary N) is 1. The van der Waals surface area contributed by atoms with Crippen molar-refractivity contribution in [3.63, 3.8) is 0 Å². The highest BCUT2D eigenvalue weighted by Crippen LogP contribution is 2.29. The van der Waals surface area contributed by atoms with Crippen molar-refractivity contribution >= 4 is 5.95 Å². The van der Waals surface area contributed by atoms with E-state index in [9.17, 15) is 4.79 Å². The van der Waals surface area contributed by atoms with Crippen molar-refractivity contribution in [3.05, 3.63) is 69.9 Å². The molecule has 6 heteroatoms. The van der Waals surface area contributed by atoms with Gasteiger partial charge in [-0.3, -0.25) is 5.43 Å². The van der Waals surface area contributed by atoms with E-state index < -0.39 is 0 Å². The predicted molar refractivity (Wildman–Crippen MR) is 109 cm³/mol. The van der Waals surface area contributed by atoms with Gasteiger partial charge in [-0.25, -0.2) is 15.2 Å². The molecular weight excluding hydrogens is 338 g/mol. The number of nitrogens with one attached hydrogen (secondary N) is 1. The first-order chi connectivity index (χ1) is 13.1. The molecule has 1 aromatic carbocycles. The number of hydrogen-bond donors (Lipinski definition) is 2. The summed E-state index contributed by atoms with van der Waals surface area (Å²) in [6.07, 6.45) is 2.30. The lowest BCUT2D eigenvalue weighted by Gasteiger charge is -2.17. The number of anilines is 1. The lowest BCUT2D eigenvalue weighted by molar-refractivity contribution is 0.756. The Kier molecular flexibility index (Phi) is 5.66. The number of fused-ring (bicyclic) bond motifs is 1. The highest BCUT2D eigenvalue weighted by Gasteiger charge is 2.15. The Morgan fingerprint density at radius 2 is 1.44 bits per heavy atom. The van der Waals surface area contributed by atoms with E-state index in [1.54, 1.807) is 4.57 Å². The van der Waals surface area contributed by atoms with Gasteiger partial charge in [0, 0.05) is 6.42 Å². The Morgan fingerprint density at radius 3 is 1.81 bits per heavy atom. The highest BCUT2D eigenvalue weighted by molar-refractivity contribution is 5.75. The zero-order chi connectivity index (χ0) is 19.4. The Bertz CT molecular complexity index is 949. The summed E-state index contributed by atoms with van der Waals surface area (Å²) in [5.41, 5.74) is 7.98. The number of aryl methyl sites for hydroxylation is 3. The Labute approximate surface area is 159 Å². The predicted octanol–water partition coefficient (Wildman–Crippen LogP) is 3.27. The molecule has 0 fully saturated rings. The van der Waals surface area contributed by atoms with Gasteiger partial charge in [-0.15, -0.1) is 0 Å². The van der Waals surface area contributed by atoms with Crippen LogP contribution in [0.15, 0.2) is 47.3 Å². The Hall–Kier alpha value is -2.99. The summed E-state index contributed by atoms with van der Waals surface area (Å²) in [6.45, 7) is 6.11. The largest absolute Gasteiger partial charge is 0.356 e. The third-order valence-electron chi connectivity index (χ3n) is 4.74. The van der Waals surface area contributed by atoms with Gasteiger partial charge in [0.2, 0.25) is 5.95 Å². The Balaban J connectivity index is 0.000000290. The number of hydrazine groups is 1. The highest BCUT2D eigenvalue weighted by atomic mass is 16.1. The van der Waals surface area contributed by atoms with Crippen molar-refractivity contribution in [2.45, 2.75) is 40.0 Å². The van der Waals surface area contributed by atoms with Gasteiger partial charge < -0.3 is 0 Å². The van der Waals surface area contributed by atoms with Gasteiger partial charge in [-0.1, -0.05) is 63.2 Å². The first-order valence-corrected chi connectivity index (χ1v) is 9.31. The molecule has 0 saturated carbocycles. The lowest BCUT2D eigenvalue weighted by atomic mass is 9.95. The van der Waals surface area contributed by atoms with E-state index in [0.29, 0.717) is 12.2 Å². The van der Waals surface area contributed by atoms with Crippen LogP contribution < -0.4 is 17.0 Å². The van der Waals surface area contributed by atoms with E-state index >= 15 is 0 Å². The van der Waals surface area contributed by atoms with Gasteiger partial charge in [-0.05, 0) is 35.1 Å². The van der Waals surface area contributed by atoms with E-state index in [1.165, 1.54) is 11.1 Å². The minimum absolute atomic E-state index is 0.153.